The van der Waals surface area contributed by atoms with Crippen LogP contribution in [0.5, 0.6) is 5.75 Å². The van der Waals surface area contributed by atoms with Gasteiger partial charge in [0.25, 0.3) is 5.91 Å². The summed E-state index contributed by atoms with van der Waals surface area (Å²) in [4.78, 5) is 24.7. The number of nitrogens with one attached hydrogen (secondary N) is 2. The second kappa shape index (κ2) is 9.96. The standard InChI is InChI=1S/C19H30N2O3/c1-6-24-16-9-7-15(8-10-16)18(22)21-17(14(4)5)19(23)20-12-11-13(2)3/h7-10,13-14,17H,6,11-12H2,1-5H3,(H,20,23)(H,21,22)/t17-/m0/s1. The van der Waals surface area contributed by atoms with Gasteiger partial charge in [0.05, 0.1) is 6.61 Å². The number of amides is 2. The van der Waals surface area contributed by atoms with Gasteiger partial charge in [-0.2, -0.15) is 0 Å². The van der Waals surface area contributed by atoms with Gasteiger partial charge < -0.3 is 15.4 Å². The van der Waals surface area contributed by atoms with Crippen molar-refractivity contribution >= 4 is 11.8 Å². The molecular weight excluding hydrogens is 304 g/mol. The number of carbonyl (C=O) groups is 2. The van der Waals surface area contributed by atoms with E-state index in [0.717, 1.165) is 12.2 Å². The Morgan fingerprint density at radius 2 is 1.71 bits per heavy atom. The lowest BCUT2D eigenvalue weighted by molar-refractivity contribution is -0.123. The Labute approximate surface area is 145 Å². The third kappa shape index (κ3) is 6.60. The lowest BCUT2D eigenvalue weighted by atomic mass is 10.0. The molecule has 0 saturated carbocycles. The van der Waals surface area contributed by atoms with Crippen molar-refractivity contribution < 1.29 is 14.3 Å². The normalized spacial score (nSPS) is 12.1. The molecule has 0 aromatic heterocycles. The summed E-state index contributed by atoms with van der Waals surface area (Å²) in [6, 6.07) is 6.37. The van der Waals surface area contributed by atoms with Gasteiger partial charge >= 0.3 is 0 Å². The van der Waals surface area contributed by atoms with Gasteiger partial charge in [0, 0.05) is 12.1 Å². The molecule has 0 fully saturated rings. The monoisotopic (exact) mass is 334 g/mol. The zero-order valence-corrected chi connectivity index (χ0v) is 15.4. The molecule has 2 amide bonds. The first-order chi connectivity index (χ1) is 11.3. The first-order valence-corrected chi connectivity index (χ1v) is 8.66. The highest BCUT2D eigenvalue weighted by molar-refractivity contribution is 5.97. The lowest BCUT2D eigenvalue weighted by Gasteiger charge is -2.22. The van der Waals surface area contributed by atoms with E-state index in [-0.39, 0.29) is 17.7 Å². The zero-order valence-electron chi connectivity index (χ0n) is 15.4. The maximum absolute atomic E-state index is 12.4. The van der Waals surface area contributed by atoms with Crippen LogP contribution >= 0.6 is 0 Å². The molecule has 1 aromatic rings. The Kier molecular flexibility index (Phi) is 8.30. The predicted molar refractivity (Wildman–Crippen MR) is 96.2 cm³/mol. The minimum absolute atomic E-state index is 0.00991. The molecule has 1 aromatic carbocycles. The largest absolute Gasteiger partial charge is 0.494 e. The maximum atomic E-state index is 12.4. The molecule has 0 radical (unpaired) electrons. The molecular formula is C19H30N2O3. The number of ether oxygens (including phenoxy) is 1. The van der Waals surface area contributed by atoms with Crippen molar-refractivity contribution in [2.75, 3.05) is 13.2 Å². The summed E-state index contributed by atoms with van der Waals surface area (Å²) in [5, 5.41) is 5.73. The summed E-state index contributed by atoms with van der Waals surface area (Å²) < 4.78 is 5.37. The van der Waals surface area contributed by atoms with Crippen LogP contribution in [0.25, 0.3) is 0 Å². The van der Waals surface area contributed by atoms with E-state index >= 15 is 0 Å². The summed E-state index contributed by atoms with van der Waals surface area (Å²) in [6.07, 6.45) is 0.920. The molecule has 134 valence electrons. The Bertz CT molecular complexity index is 524. The fourth-order valence-corrected chi connectivity index (χ4v) is 2.22. The van der Waals surface area contributed by atoms with Crippen LogP contribution in [0.3, 0.4) is 0 Å². The van der Waals surface area contributed by atoms with Crippen molar-refractivity contribution in [3.63, 3.8) is 0 Å². The molecule has 0 spiro atoms. The molecule has 0 heterocycles. The van der Waals surface area contributed by atoms with Crippen molar-refractivity contribution in [1.29, 1.82) is 0 Å². The van der Waals surface area contributed by atoms with Gasteiger partial charge in [0.1, 0.15) is 11.8 Å². The topological polar surface area (TPSA) is 67.4 Å². The SMILES string of the molecule is CCOc1ccc(C(=O)N[C@H](C(=O)NCCC(C)C)C(C)C)cc1. The van der Waals surface area contributed by atoms with Crippen molar-refractivity contribution in [3.8, 4) is 5.75 Å². The van der Waals surface area contributed by atoms with Crippen molar-refractivity contribution in [3.05, 3.63) is 29.8 Å². The highest BCUT2D eigenvalue weighted by Crippen LogP contribution is 2.13. The molecule has 2 N–H and O–H groups in total. The predicted octanol–water partition coefficient (Wildman–Crippen LogP) is 3.00. The van der Waals surface area contributed by atoms with Crippen LogP contribution in [0.4, 0.5) is 0 Å². The fourth-order valence-electron chi connectivity index (χ4n) is 2.22. The van der Waals surface area contributed by atoms with E-state index < -0.39 is 6.04 Å². The first kappa shape index (κ1) is 20.0. The van der Waals surface area contributed by atoms with Gasteiger partial charge in [0.2, 0.25) is 5.91 Å². The third-order valence-electron chi connectivity index (χ3n) is 3.68. The summed E-state index contributed by atoms with van der Waals surface area (Å²) in [5.74, 6) is 0.874. The Hall–Kier alpha value is -2.04. The van der Waals surface area contributed by atoms with E-state index in [1.54, 1.807) is 24.3 Å². The van der Waals surface area contributed by atoms with Gasteiger partial charge in [-0.05, 0) is 49.4 Å². The van der Waals surface area contributed by atoms with Gasteiger partial charge in [-0.25, -0.2) is 0 Å². The van der Waals surface area contributed by atoms with Crippen molar-refractivity contribution in [1.82, 2.24) is 10.6 Å². The quantitative estimate of drug-likeness (QED) is 0.729. The summed E-state index contributed by atoms with van der Waals surface area (Å²) in [5.41, 5.74) is 0.513. The Morgan fingerprint density at radius 1 is 1.08 bits per heavy atom. The molecule has 0 saturated heterocycles. The molecule has 1 rings (SSSR count). The van der Waals surface area contributed by atoms with Gasteiger partial charge in [0.15, 0.2) is 0 Å². The van der Waals surface area contributed by atoms with Gasteiger partial charge in [-0.3, -0.25) is 9.59 Å². The molecule has 5 nitrogen and oxygen atoms in total. The number of benzene rings is 1. The minimum Gasteiger partial charge on any atom is -0.494 e. The second-order valence-electron chi connectivity index (χ2n) is 6.63. The molecule has 5 heteroatoms. The van der Waals surface area contributed by atoms with Crippen LogP contribution in [0.1, 0.15) is 51.4 Å². The van der Waals surface area contributed by atoms with Crippen LogP contribution in [0.2, 0.25) is 0 Å². The average Bonchev–Trinajstić information content (AvgIpc) is 2.52. The average molecular weight is 334 g/mol. The molecule has 0 bridgehead atoms. The fraction of sp³-hybridized carbons (Fsp3) is 0.579. The van der Waals surface area contributed by atoms with Crippen LogP contribution < -0.4 is 15.4 Å². The highest BCUT2D eigenvalue weighted by atomic mass is 16.5. The van der Waals surface area contributed by atoms with E-state index in [9.17, 15) is 9.59 Å². The van der Waals surface area contributed by atoms with Gasteiger partial charge in [-0.15, -0.1) is 0 Å². The number of hydrogen-bond acceptors (Lipinski definition) is 3. The Morgan fingerprint density at radius 3 is 2.21 bits per heavy atom. The molecule has 0 aliphatic carbocycles. The van der Waals surface area contributed by atoms with E-state index in [1.165, 1.54) is 0 Å². The maximum Gasteiger partial charge on any atom is 0.251 e. The van der Waals surface area contributed by atoms with Crippen LogP contribution in [0, 0.1) is 11.8 Å². The van der Waals surface area contributed by atoms with Crippen LogP contribution in [-0.2, 0) is 4.79 Å². The lowest BCUT2D eigenvalue weighted by Crippen LogP contribution is -2.50. The summed E-state index contributed by atoms with van der Waals surface area (Å²) in [6.45, 7) is 11.2. The third-order valence-corrected chi connectivity index (χ3v) is 3.68. The smallest absolute Gasteiger partial charge is 0.251 e. The van der Waals surface area contributed by atoms with E-state index in [0.29, 0.717) is 24.6 Å². The summed E-state index contributed by atoms with van der Waals surface area (Å²) in [7, 11) is 0. The van der Waals surface area contributed by atoms with E-state index in [1.807, 2.05) is 20.8 Å². The minimum atomic E-state index is -0.545. The molecule has 0 aliphatic rings. The van der Waals surface area contributed by atoms with Crippen molar-refractivity contribution in [2.45, 2.75) is 47.1 Å². The first-order valence-electron chi connectivity index (χ1n) is 8.66. The van der Waals surface area contributed by atoms with E-state index in [4.69, 9.17) is 4.74 Å². The second-order valence-corrected chi connectivity index (χ2v) is 6.63. The number of hydrogen-bond donors (Lipinski definition) is 2. The molecule has 24 heavy (non-hydrogen) atoms. The van der Waals surface area contributed by atoms with Crippen LogP contribution in [0.15, 0.2) is 24.3 Å². The Balaban J connectivity index is 2.66. The molecule has 0 unspecified atom stereocenters. The number of rotatable bonds is 9. The zero-order chi connectivity index (χ0) is 18.1. The van der Waals surface area contributed by atoms with Crippen molar-refractivity contribution in [2.24, 2.45) is 11.8 Å². The van der Waals surface area contributed by atoms with Crippen LogP contribution in [-0.4, -0.2) is 31.0 Å². The van der Waals surface area contributed by atoms with Gasteiger partial charge in [-0.1, -0.05) is 27.7 Å². The van der Waals surface area contributed by atoms with E-state index in [2.05, 4.69) is 24.5 Å². The highest BCUT2D eigenvalue weighted by Gasteiger charge is 2.24. The molecule has 1 atom stereocenters. The summed E-state index contributed by atoms with van der Waals surface area (Å²) >= 11 is 0. The number of carbonyl (C=O) groups excluding carboxylic acids is 2. The molecule has 0 aliphatic heterocycles.